The minimum Gasteiger partial charge on any atom is -0.493 e. The van der Waals surface area contributed by atoms with Crippen LogP contribution >= 0.6 is 0 Å². The Morgan fingerprint density at radius 3 is 2.30 bits per heavy atom. The summed E-state index contributed by atoms with van der Waals surface area (Å²) in [5.74, 6) is 0.597. The van der Waals surface area contributed by atoms with Crippen LogP contribution in [0.1, 0.15) is 53.5 Å². The van der Waals surface area contributed by atoms with Crippen LogP contribution in [0.4, 0.5) is 9.59 Å². The predicted molar refractivity (Wildman–Crippen MR) is 117 cm³/mol. The summed E-state index contributed by atoms with van der Waals surface area (Å²) in [6.07, 6.45) is 0.911. The maximum Gasteiger partial charge on any atom is 0.437 e. The number of carbonyl (C=O) groups is 2. The molecule has 1 aromatic carbocycles. The molecule has 30 heavy (non-hydrogen) atoms. The minimum absolute atomic E-state index is 0.0839. The molecule has 8 heteroatoms. The minimum atomic E-state index is -0.837. The first kappa shape index (κ1) is 25.0. The molecule has 8 nitrogen and oxygen atoms in total. The van der Waals surface area contributed by atoms with Crippen molar-refractivity contribution in [2.45, 2.75) is 65.7 Å². The second-order valence-corrected chi connectivity index (χ2v) is 8.45. The van der Waals surface area contributed by atoms with Crippen molar-refractivity contribution in [3.63, 3.8) is 0 Å². The molecule has 0 saturated carbocycles. The first-order valence-corrected chi connectivity index (χ1v) is 9.77. The van der Waals surface area contributed by atoms with E-state index in [4.69, 9.17) is 14.2 Å². The van der Waals surface area contributed by atoms with Gasteiger partial charge in [0, 0.05) is 12.1 Å². The summed E-state index contributed by atoms with van der Waals surface area (Å²) in [7, 11) is 0. The fourth-order valence-electron chi connectivity index (χ4n) is 2.11. The number of nitrogens with one attached hydrogen (secondary N) is 2. The lowest BCUT2D eigenvalue weighted by molar-refractivity contribution is 0.0560. The van der Waals surface area contributed by atoms with E-state index in [2.05, 4.69) is 22.2 Å². The van der Waals surface area contributed by atoms with Crippen LogP contribution in [-0.2, 0) is 16.0 Å². The number of hydrogen-bond acceptors (Lipinski definition) is 5. The number of carbonyl (C=O) groups excluding carboxylic acids is 2. The summed E-state index contributed by atoms with van der Waals surface area (Å²) in [6, 6.07) is 7.44. The van der Waals surface area contributed by atoms with Crippen LogP contribution in [0.15, 0.2) is 41.9 Å². The summed E-state index contributed by atoms with van der Waals surface area (Å²) in [5, 5.41) is 5.39. The van der Waals surface area contributed by atoms with Gasteiger partial charge in [-0.05, 0) is 54.0 Å². The van der Waals surface area contributed by atoms with Crippen LogP contribution in [0.3, 0.4) is 0 Å². The van der Waals surface area contributed by atoms with Crippen LogP contribution in [0.2, 0.25) is 0 Å². The molecule has 0 unspecified atom stereocenters. The number of guanidine groups is 1. The van der Waals surface area contributed by atoms with Crippen molar-refractivity contribution in [1.29, 1.82) is 0 Å². The van der Waals surface area contributed by atoms with Crippen molar-refractivity contribution in [1.82, 2.24) is 10.6 Å². The lowest BCUT2D eigenvalue weighted by Crippen LogP contribution is -2.44. The van der Waals surface area contributed by atoms with Gasteiger partial charge in [-0.15, -0.1) is 11.6 Å². The number of hydrogen-bond donors (Lipinski definition) is 2. The fraction of sp³-hybridized carbons (Fsp3) is 0.500. The van der Waals surface area contributed by atoms with E-state index in [9.17, 15) is 9.59 Å². The molecule has 166 valence electrons. The van der Waals surface area contributed by atoms with Gasteiger partial charge in [-0.25, -0.2) is 9.59 Å². The first-order valence-electron chi connectivity index (χ1n) is 9.77. The van der Waals surface area contributed by atoms with Crippen molar-refractivity contribution in [3.05, 3.63) is 42.5 Å². The third-order valence-corrected chi connectivity index (χ3v) is 3.21. The van der Waals surface area contributed by atoms with Gasteiger partial charge >= 0.3 is 12.2 Å². The zero-order valence-electron chi connectivity index (χ0n) is 18.7. The maximum atomic E-state index is 12.1. The Balaban J connectivity index is 2.94. The average molecular weight is 420 g/mol. The van der Waals surface area contributed by atoms with Crippen LogP contribution in [0, 0.1) is 0 Å². The zero-order valence-corrected chi connectivity index (χ0v) is 18.7. The number of ether oxygens (including phenoxy) is 3. The number of nitrogens with zero attached hydrogens (tertiary/aromatic N) is 1. The highest BCUT2D eigenvalue weighted by Gasteiger charge is 2.20. The van der Waals surface area contributed by atoms with Crippen LogP contribution < -0.4 is 15.4 Å². The molecule has 0 aliphatic rings. The Labute approximate surface area is 178 Å². The van der Waals surface area contributed by atoms with Gasteiger partial charge in [-0.2, -0.15) is 0 Å². The lowest BCUT2D eigenvalue weighted by atomic mass is 10.2. The van der Waals surface area contributed by atoms with Crippen molar-refractivity contribution in [2.75, 3.05) is 6.61 Å². The molecule has 0 heterocycles. The number of amides is 2. The molecular weight excluding hydrogens is 386 g/mol. The molecule has 0 aliphatic heterocycles. The largest absolute Gasteiger partial charge is 0.493 e. The average Bonchev–Trinajstić information content (AvgIpc) is 2.57. The van der Waals surface area contributed by atoms with Gasteiger partial charge in [-0.1, -0.05) is 24.3 Å². The van der Waals surface area contributed by atoms with Crippen molar-refractivity contribution in [2.24, 2.45) is 4.99 Å². The van der Waals surface area contributed by atoms with E-state index in [1.54, 1.807) is 47.6 Å². The van der Waals surface area contributed by atoms with Gasteiger partial charge in [0.15, 0.2) is 0 Å². The summed E-state index contributed by atoms with van der Waals surface area (Å²) in [6.45, 7) is 14.8. The second kappa shape index (κ2) is 11.2. The van der Waals surface area contributed by atoms with Gasteiger partial charge in [0.1, 0.15) is 17.0 Å². The van der Waals surface area contributed by atoms with E-state index in [1.165, 1.54) is 0 Å². The van der Waals surface area contributed by atoms with Crippen molar-refractivity contribution in [3.8, 4) is 5.75 Å². The molecule has 0 saturated heterocycles. The number of alkyl carbamates (subject to hydrolysis) is 1. The third kappa shape index (κ3) is 11.1. The Morgan fingerprint density at radius 1 is 1.07 bits per heavy atom. The van der Waals surface area contributed by atoms with Crippen LogP contribution in [-0.4, -0.2) is 36.0 Å². The van der Waals surface area contributed by atoms with Gasteiger partial charge in [0.25, 0.3) is 0 Å². The summed E-state index contributed by atoms with van der Waals surface area (Å²) >= 11 is 0. The summed E-state index contributed by atoms with van der Waals surface area (Å²) < 4.78 is 16.2. The highest BCUT2D eigenvalue weighted by atomic mass is 16.6. The zero-order chi connectivity index (χ0) is 22.8. The normalized spacial score (nSPS) is 12.0. The Bertz CT molecular complexity index is 761. The van der Waals surface area contributed by atoms with Crippen molar-refractivity contribution < 1.29 is 23.8 Å². The smallest absolute Gasteiger partial charge is 0.437 e. The second-order valence-electron chi connectivity index (χ2n) is 8.45. The number of aliphatic imine (C=N–C) groups is 1. The monoisotopic (exact) mass is 419 g/mol. The van der Waals surface area contributed by atoms with E-state index in [-0.39, 0.29) is 12.5 Å². The summed E-state index contributed by atoms with van der Waals surface area (Å²) in [4.78, 5) is 28.1. The van der Waals surface area contributed by atoms with E-state index in [1.807, 2.05) is 24.3 Å². The molecule has 0 aliphatic carbocycles. The molecule has 2 N–H and O–H groups in total. The van der Waals surface area contributed by atoms with Gasteiger partial charge in [0.2, 0.25) is 5.96 Å². The predicted octanol–water partition coefficient (Wildman–Crippen LogP) is 4.55. The van der Waals surface area contributed by atoms with E-state index in [0.717, 1.165) is 5.56 Å². The molecule has 0 spiro atoms. The molecule has 1 rings (SSSR count). The molecule has 0 aromatic heterocycles. The number of benzene rings is 1. The molecule has 0 radical (unpaired) electrons. The molecule has 1 aromatic rings. The number of rotatable bonds is 6. The number of para-hydroxylation sites is 1. The Morgan fingerprint density at radius 2 is 1.70 bits per heavy atom. The van der Waals surface area contributed by atoms with E-state index in [0.29, 0.717) is 18.8 Å². The topological polar surface area (TPSA) is 98.3 Å². The Kier molecular flexibility index (Phi) is 9.36. The first-order chi connectivity index (χ1) is 13.9. The SMILES string of the molecule is C=CCCOc1ccccc1CN/C(=N\C(=O)OC(C)(C)C)NC(=O)OC(C)(C)C. The molecule has 0 atom stereocenters. The molecular formula is C22H33N3O5. The van der Waals surface area contributed by atoms with Crippen LogP contribution in [0.25, 0.3) is 0 Å². The third-order valence-electron chi connectivity index (χ3n) is 3.21. The molecule has 0 bridgehead atoms. The summed E-state index contributed by atoms with van der Waals surface area (Å²) in [5.41, 5.74) is -0.597. The van der Waals surface area contributed by atoms with Gasteiger partial charge in [0.05, 0.1) is 6.61 Å². The van der Waals surface area contributed by atoms with Crippen molar-refractivity contribution >= 4 is 18.1 Å². The van der Waals surface area contributed by atoms with Crippen LogP contribution in [0.5, 0.6) is 5.75 Å². The molecule has 2 amide bonds. The van der Waals surface area contributed by atoms with E-state index >= 15 is 0 Å². The highest BCUT2D eigenvalue weighted by Crippen LogP contribution is 2.18. The standard InChI is InChI=1S/C22H33N3O5/c1-8-9-14-28-17-13-11-10-12-16(17)15-23-18(24-19(26)29-21(2,3)4)25-20(27)30-22(5,6)7/h8,10-13H,1,9,14-15H2,2-7H3,(H2,23,24,25,26,27). The quantitative estimate of drug-likeness (QED) is 0.304. The maximum absolute atomic E-state index is 12.1. The highest BCUT2D eigenvalue weighted by molar-refractivity contribution is 5.98. The van der Waals surface area contributed by atoms with E-state index < -0.39 is 23.4 Å². The molecule has 0 fully saturated rings. The fourth-order valence-corrected chi connectivity index (χ4v) is 2.11. The van der Waals surface area contributed by atoms with Gasteiger partial charge < -0.3 is 19.5 Å². The Hall–Kier alpha value is -3.03. The lowest BCUT2D eigenvalue weighted by Gasteiger charge is -2.21. The van der Waals surface area contributed by atoms with Gasteiger partial charge in [-0.3, -0.25) is 5.32 Å².